The molecule has 6 nitrogen and oxygen atoms in total. The van der Waals surface area contributed by atoms with Crippen molar-refractivity contribution in [2.24, 2.45) is 0 Å². The lowest BCUT2D eigenvalue weighted by Gasteiger charge is -2.15. The third kappa shape index (κ3) is 7.82. The van der Waals surface area contributed by atoms with Crippen LogP contribution in [0.4, 0.5) is 0 Å². The van der Waals surface area contributed by atoms with Gasteiger partial charge in [0.15, 0.2) is 0 Å². The smallest absolute Gasteiger partial charge is 0.244 e. The molecular weight excluding hydrogens is 408 g/mol. The number of halogens is 2. The third-order valence-corrected chi connectivity index (χ3v) is 4.89. The van der Waals surface area contributed by atoms with Crippen LogP contribution in [0.15, 0.2) is 27.6 Å². The van der Waals surface area contributed by atoms with E-state index in [1.807, 2.05) is 13.8 Å². The van der Waals surface area contributed by atoms with Crippen molar-refractivity contribution in [3.8, 4) is 5.75 Å². The average molecular weight is 432 g/mol. The molecular formula is C14H24BrClN2O4S. The van der Waals surface area contributed by atoms with Crippen LogP contribution in [0.1, 0.15) is 13.8 Å². The maximum Gasteiger partial charge on any atom is 0.244 e. The molecule has 0 saturated carbocycles. The number of nitrogens with one attached hydrogen (secondary N) is 2. The highest BCUT2D eigenvalue weighted by Crippen LogP contribution is 2.27. The number of rotatable bonds is 10. The third-order valence-electron chi connectivity index (χ3n) is 2.96. The quantitative estimate of drug-likeness (QED) is 0.555. The maximum absolute atomic E-state index is 12.4. The summed E-state index contributed by atoms with van der Waals surface area (Å²) in [5, 5.41) is 2.98. The van der Waals surface area contributed by atoms with E-state index < -0.39 is 10.0 Å². The molecule has 0 fully saturated rings. The van der Waals surface area contributed by atoms with Crippen molar-refractivity contribution in [1.82, 2.24) is 10.0 Å². The molecule has 23 heavy (non-hydrogen) atoms. The molecule has 0 spiro atoms. The Balaban J connectivity index is 0.00000484. The summed E-state index contributed by atoms with van der Waals surface area (Å²) in [5.74, 6) is 0.313. The van der Waals surface area contributed by atoms with Crippen LogP contribution in [0.3, 0.4) is 0 Å². The molecule has 1 rings (SSSR count). The average Bonchev–Trinajstić information content (AvgIpc) is 2.50. The van der Waals surface area contributed by atoms with Gasteiger partial charge in [-0.3, -0.25) is 0 Å². The molecule has 0 aliphatic heterocycles. The number of ether oxygens (including phenoxy) is 2. The second kappa shape index (κ2) is 11.2. The molecule has 0 aromatic heterocycles. The first kappa shape index (κ1) is 22.6. The van der Waals surface area contributed by atoms with Crippen molar-refractivity contribution in [3.63, 3.8) is 0 Å². The fourth-order valence-electron chi connectivity index (χ4n) is 1.58. The molecule has 2 N–H and O–H groups in total. The molecule has 0 saturated heterocycles. The van der Waals surface area contributed by atoms with Gasteiger partial charge in [0, 0.05) is 23.7 Å². The van der Waals surface area contributed by atoms with Crippen LogP contribution in [0.25, 0.3) is 0 Å². The molecule has 0 radical (unpaired) electrons. The molecule has 1 atom stereocenters. The van der Waals surface area contributed by atoms with Gasteiger partial charge in [-0.25, -0.2) is 13.1 Å². The second-order valence-electron chi connectivity index (χ2n) is 4.68. The van der Waals surface area contributed by atoms with E-state index in [9.17, 15) is 8.42 Å². The van der Waals surface area contributed by atoms with Crippen molar-refractivity contribution < 1.29 is 17.9 Å². The van der Waals surface area contributed by atoms with E-state index in [-0.39, 0.29) is 23.3 Å². The number of hydrogen-bond acceptors (Lipinski definition) is 5. The van der Waals surface area contributed by atoms with Crippen molar-refractivity contribution in [2.45, 2.75) is 24.8 Å². The highest BCUT2D eigenvalue weighted by molar-refractivity contribution is 9.10. The first-order chi connectivity index (χ1) is 10.4. The minimum atomic E-state index is -3.65. The lowest BCUT2D eigenvalue weighted by molar-refractivity contribution is 0.109. The Labute approximate surface area is 152 Å². The van der Waals surface area contributed by atoms with E-state index in [0.29, 0.717) is 36.6 Å². The van der Waals surface area contributed by atoms with E-state index in [1.54, 1.807) is 19.2 Å². The molecule has 1 aromatic rings. The Bertz CT molecular complexity index is 572. The Morgan fingerprint density at radius 2 is 2.00 bits per heavy atom. The van der Waals surface area contributed by atoms with Gasteiger partial charge in [0.2, 0.25) is 10.0 Å². The SMILES string of the molecule is CCOCCOc1ccc(Br)cc1S(=O)(=O)NCC(C)NC.Cl. The largest absolute Gasteiger partial charge is 0.490 e. The molecule has 0 aliphatic rings. The summed E-state index contributed by atoms with van der Waals surface area (Å²) in [6, 6.07) is 4.93. The highest BCUT2D eigenvalue weighted by atomic mass is 79.9. The topological polar surface area (TPSA) is 76.7 Å². The summed E-state index contributed by atoms with van der Waals surface area (Å²) in [6.07, 6.45) is 0. The second-order valence-corrected chi connectivity index (χ2v) is 7.33. The van der Waals surface area contributed by atoms with Crippen LogP contribution in [-0.4, -0.2) is 47.9 Å². The fourth-order valence-corrected chi connectivity index (χ4v) is 3.39. The summed E-state index contributed by atoms with van der Waals surface area (Å²) in [5.41, 5.74) is 0. The maximum atomic E-state index is 12.4. The van der Waals surface area contributed by atoms with Crippen molar-refractivity contribution >= 4 is 38.4 Å². The number of sulfonamides is 1. The molecule has 134 valence electrons. The molecule has 0 heterocycles. The van der Waals surface area contributed by atoms with Gasteiger partial charge < -0.3 is 14.8 Å². The summed E-state index contributed by atoms with van der Waals surface area (Å²) in [4.78, 5) is 0.113. The first-order valence-electron chi connectivity index (χ1n) is 7.07. The van der Waals surface area contributed by atoms with E-state index in [4.69, 9.17) is 9.47 Å². The zero-order valence-electron chi connectivity index (χ0n) is 13.5. The minimum absolute atomic E-state index is 0. The van der Waals surface area contributed by atoms with Gasteiger partial charge in [-0.1, -0.05) is 15.9 Å². The Hall–Kier alpha value is -0.380. The van der Waals surface area contributed by atoms with Crippen LogP contribution in [0.5, 0.6) is 5.75 Å². The first-order valence-corrected chi connectivity index (χ1v) is 9.35. The van der Waals surface area contributed by atoms with Crippen LogP contribution in [0.2, 0.25) is 0 Å². The minimum Gasteiger partial charge on any atom is -0.490 e. The zero-order chi connectivity index (χ0) is 16.6. The van der Waals surface area contributed by atoms with Gasteiger partial charge in [0.1, 0.15) is 17.3 Å². The lowest BCUT2D eigenvalue weighted by Crippen LogP contribution is -2.37. The Morgan fingerprint density at radius 1 is 1.30 bits per heavy atom. The lowest BCUT2D eigenvalue weighted by atomic mass is 10.3. The number of hydrogen-bond donors (Lipinski definition) is 2. The summed E-state index contributed by atoms with van der Waals surface area (Å²) < 4.78 is 38.9. The predicted octanol–water partition coefficient (Wildman–Crippen LogP) is 2.17. The van der Waals surface area contributed by atoms with Crippen LogP contribution in [-0.2, 0) is 14.8 Å². The standard InChI is InChI=1S/C14H23BrN2O4S.ClH/c1-4-20-7-8-21-13-6-5-12(15)9-14(13)22(18,19)17-10-11(2)16-3;/h5-6,9,11,16-17H,4,7-8,10H2,1-3H3;1H. The van der Waals surface area contributed by atoms with Crippen molar-refractivity contribution in [3.05, 3.63) is 22.7 Å². The van der Waals surface area contributed by atoms with E-state index in [1.165, 1.54) is 6.07 Å². The van der Waals surface area contributed by atoms with Gasteiger partial charge in [0.25, 0.3) is 0 Å². The number of likely N-dealkylation sites (N-methyl/N-ethyl adjacent to an activating group) is 1. The van der Waals surface area contributed by atoms with Crippen molar-refractivity contribution in [2.75, 3.05) is 33.4 Å². The monoisotopic (exact) mass is 430 g/mol. The Morgan fingerprint density at radius 3 is 2.61 bits per heavy atom. The Kier molecular flexibility index (Phi) is 11.0. The van der Waals surface area contributed by atoms with Crippen molar-refractivity contribution in [1.29, 1.82) is 0 Å². The molecule has 0 aliphatic carbocycles. The van der Waals surface area contributed by atoms with Crippen LogP contribution < -0.4 is 14.8 Å². The molecule has 1 unspecified atom stereocenters. The molecule has 0 bridgehead atoms. The van der Waals surface area contributed by atoms with Crippen LogP contribution in [0, 0.1) is 0 Å². The van der Waals surface area contributed by atoms with Gasteiger partial charge in [-0.15, -0.1) is 12.4 Å². The van der Waals surface area contributed by atoms with E-state index in [2.05, 4.69) is 26.0 Å². The van der Waals surface area contributed by atoms with Crippen LogP contribution >= 0.6 is 28.3 Å². The van der Waals surface area contributed by atoms with Gasteiger partial charge in [-0.2, -0.15) is 0 Å². The molecule has 1 aromatic carbocycles. The summed E-state index contributed by atoms with van der Waals surface area (Å²) in [6.45, 7) is 5.38. The fraction of sp³-hybridized carbons (Fsp3) is 0.571. The predicted molar refractivity (Wildman–Crippen MR) is 97.1 cm³/mol. The van der Waals surface area contributed by atoms with Gasteiger partial charge in [-0.05, 0) is 39.1 Å². The molecule has 0 amide bonds. The zero-order valence-corrected chi connectivity index (χ0v) is 16.7. The summed E-state index contributed by atoms with van der Waals surface area (Å²) >= 11 is 3.29. The van der Waals surface area contributed by atoms with E-state index >= 15 is 0 Å². The number of benzene rings is 1. The van der Waals surface area contributed by atoms with Gasteiger partial charge in [0.05, 0.1) is 6.61 Å². The van der Waals surface area contributed by atoms with Gasteiger partial charge >= 0.3 is 0 Å². The highest BCUT2D eigenvalue weighted by Gasteiger charge is 2.20. The normalized spacial score (nSPS) is 12.5. The molecule has 9 heteroatoms. The summed E-state index contributed by atoms with van der Waals surface area (Å²) in [7, 11) is -1.87. The van der Waals surface area contributed by atoms with E-state index in [0.717, 1.165) is 0 Å².